The van der Waals surface area contributed by atoms with Gasteiger partial charge in [0.1, 0.15) is 61.0 Å². The molecule has 14 N–H and O–H groups in total. The first-order chi connectivity index (χ1) is 18.9. The Morgan fingerprint density at radius 2 is 1.43 bits per heavy atom. The molecule has 230 valence electrons. The summed E-state index contributed by atoms with van der Waals surface area (Å²) in [5.74, 6) is 2.07. The van der Waals surface area contributed by atoms with E-state index in [2.05, 4.69) is 11.2 Å². The summed E-state index contributed by atoms with van der Waals surface area (Å²) < 4.78 is 22.6. The van der Waals surface area contributed by atoms with Crippen LogP contribution >= 0.6 is 0 Å². The van der Waals surface area contributed by atoms with Gasteiger partial charge in [-0.2, -0.15) is 0 Å². The third kappa shape index (κ3) is 7.45. The van der Waals surface area contributed by atoms with Crippen molar-refractivity contribution in [1.82, 2.24) is 5.32 Å². The second kappa shape index (κ2) is 14.6. The van der Waals surface area contributed by atoms with E-state index in [-0.39, 0.29) is 25.3 Å². The van der Waals surface area contributed by atoms with Crippen LogP contribution in [0.5, 0.6) is 0 Å². The van der Waals surface area contributed by atoms with Crippen LogP contribution in [0.15, 0.2) is 0 Å². The number of unbranched alkanes of at least 4 members (excludes halogenated alkanes) is 1. The second-order valence-electron chi connectivity index (χ2n) is 10.4. The molecule has 0 bridgehead atoms. The van der Waals surface area contributed by atoms with Crippen molar-refractivity contribution in [2.45, 2.75) is 117 Å². The summed E-state index contributed by atoms with van der Waals surface area (Å²) in [5, 5.41) is 74.9. The van der Waals surface area contributed by atoms with Gasteiger partial charge in [-0.05, 0) is 12.8 Å². The molecule has 6 unspecified atom stereocenters. The molecule has 16 nitrogen and oxygen atoms in total. The fourth-order valence-electron chi connectivity index (χ4n) is 5.03. The van der Waals surface area contributed by atoms with Crippen LogP contribution in [-0.4, -0.2) is 147 Å². The number of hydrogen-bond donors (Lipinski definition) is 11. The molecule has 1 amide bonds. The molecule has 16 heteroatoms. The van der Waals surface area contributed by atoms with Crippen molar-refractivity contribution in [1.29, 1.82) is 0 Å². The van der Waals surface area contributed by atoms with Gasteiger partial charge in [-0.25, -0.2) is 0 Å². The van der Waals surface area contributed by atoms with Crippen molar-refractivity contribution >= 4 is 5.91 Å². The lowest BCUT2D eigenvalue weighted by Crippen LogP contribution is -2.68. The summed E-state index contributed by atoms with van der Waals surface area (Å²) in [4.78, 5) is 12.0. The Bertz CT molecular complexity index is 864. The van der Waals surface area contributed by atoms with E-state index in [1.165, 1.54) is 0 Å². The average Bonchev–Trinajstić information content (AvgIpc) is 2.92. The second-order valence-corrected chi connectivity index (χ2v) is 10.4. The highest BCUT2D eigenvalue weighted by atomic mass is 16.7. The summed E-state index contributed by atoms with van der Waals surface area (Å²) >= 11 is 0. The summed E-state index contributed by atoms with van der Waals surface area (Å²) in [7, 11) is 0. The van der Waals surface area contributed by atoms with Crippen molar-refractivity contribution in [2.75, 3.05) is 13.2 Å². The Hall–Kier alpha value is -1.53. The third-order valence-electron chi connectivity index (χ3n) is 7.48. The van der Waals surface area contributed by atoms with Crippen molar-refractivity contribution < 1.29 is 59.5 Å². The van der Waals surface area contributed by atoms with Crippen molar-refractivity contribution in [2.24, 2.45) is 17.2 Å². The van der Waals surface area contributed by atoms with Crippen molar-refractivity contribution in [3.8, 4) is 12.3 Å². The van der Waals surface area contributed by atoms with Gasteiger partial charge < -0.3 is 77.2 Å². The maximum Gasteiger partial charge on any atom is 0.220 e. The number of carbonyl (C=O) groups excluding carboxylic acids is 1. The minimum Gasteiger partial charge on any atom is -0.394 e. The van der Waals surface area contributed by atoms with Crippen LogP contribution in [0.3, 0.4) is 0 Å². The number of nitrogens with one attached hydrogen (secondary N) is 1. The van der Waals surface area contributed by atoms with Crippen molar-refractivity contribution in [3.05, 3.63) is 0 Å². The lowest BCUT2D eigenvalue weighted by atomic mass is 9.84. The Morgan fingerprint density at radius 1 is 0.850 bits per heavy atom. The Morgan fingerprint density at radius 3 is 2.00 bits per heavy atom. The summed E-state index contributed by atoms with van der Waals surface area (Å²) in [6.45, 7) is -0.834. The van der Waals surface area contributed by atoms with E-state index in [0.29, 0.717) is 12.8 Å². The molecule has 0 aromatic carbocycles. The Balaban J connectivity index is 1.67. The number of rotatable bonds is 10. The lowest BCUT2D eigenvalue weighted by molar-refractivity contribution is -0.332. The molecular weight excluding hydrogens is 536 g/mol. The highest BCUT2D eigenvalue weighted by Crippen LogP contribution is 2.31. The van der Waals surface area contributed by atoms with Crippen LogP contribution < -0.4 is 22.5 Å². The summed E-state index contributed by atoms with van der Waals surface area (Å²) in [5.41, 5.74) is 18.1. The first-order valence-corrected chi connectivity index (χ1v) is 13.2. The van der Waals surface area contributed by atoms with E-state index in [9.17, 15) is 40.5 Å². The van der Waals surface area contributed by atoms with Crippen LogP contribution in [0.25, 0.3) is 0 Å². The molecule has 0 spiro atoms. The first-order valence-electron chi connectivity index (χ1n) is 13.2. The van der Waals surface area contributed by atoms with Crippen LogP contribution in [0, 0.1) is 12.3 Å². The molecule has 40 heavy (non-hydrogen) atoms. The molecule has 3 fully saturated rings. The molecular formula is C24H42N4O12. The van der Waals surface area contributed by atoms with Gasteiger partial charge in [0, 0.05) is 31.5 Å². The van der Waals surface area contributed by atoms with E-state index in [1.807, 2.05) is 0 Å². The SMILES string of the molecule is C#CCCCC(=O)NCC1O[C@H](O[C@@H]2C(N)C[C@@H](N)[C@@H](O[C@@H]3O[C@H](CO)[C@H](O)C(N)C3O)C2O)C(O)[C@@H](O)[C@@H]1O. The molecule has 1 saturated carbocycles. The summed E-state index contributed by atoms with van der Waals surface area (Å²) in [6, 6.07) is -3.00. The fourth-order valence-corrected chi connectivity index (χ4v) is 5.03. The molecule has 0 aromatic rings. The lowest BCUT2D eigenvalue weighted by Gasteiger charge is -2.48. The number of nitrogens with two attached hydrogens (primary N) is 3. The van der Waals surface area contributed by atoms with Gasteiger partial charge in [0.2, 0.25) is 5.91 Å². The van der Waals surface area contributed by atoms with Crippen molar-refractivity contribution in [3.63, 3.8) is 0 Å². The van der Waals surface area contributed by atoms with Crippen LogP contribution in [0.4, 0.5) is 0 Å². The van der Waals surface area contributed by atoms with E-state index in [1.54, 1.807) is 0 Å². The van der Waals surface area contributed by atoms with E-state index in [0.717, 1.165) is 0 Å². The highest BCUT2D eigenvalue weighted by molar-refractivity contribution is 5.75. The highest BCUT2D eigenvalue weighted by Gasteiger charge is 2.51. The van der Waals surface area contributed by atoms with Gasteiger partial charge in [-0.1, -0.05) is 0 Å². The van der Waals surface area contributed by atoms with E-state index in [4.69, 9.17) is 42.6 Å². The number of carbonyl (C=O) groups is 1. The minimum absolute atomic E-state index is 0.0401. The minimum atomic E-state index is -1.75. The third-order valence-corrected chi connectivity index (χ3v) is 7.48. The van der Waals surface area contributed by atoms with Gasteiger partial charge in [0.05, 0.1) is 12.6 Å². The zero-order chi connectivity index (χ0) is 29.7. The monoisotopic (exact) mass is 578 g/mol. The number of aliphatic hydroxyl groups is 7. The molecule has 2 heterocycles. The number of ether oxygens (including phenoxy) is 4. The number of terminal acetylenes is 1. The zero-order valence-electron chi connectivity index (χ0n) is 21.9. The molecule has 3 aliphatic rings. The Labute approximate surface area is 231 Å². The van der Waals surface area contributed by atoms with Crippen LogP contribution in [0.1, 0.15) is 25.7 Å². The normalized spacial score (nSPS) is 46.0. The molecule has 0 radical (unpaired) electrons. The average molecular weight is 579 g/mol. The van der Waals surface area contributed by atoms with Gasteiger partial charge in [0.25, 0.3) is 0 Å². The predicted octanol–water partition coefficient (Wildman–Crippen LogP) is -6.33. The maximum absolute atomic E-state index is 12.0. The molecule has 1 aliphatic carbocycles. The maximum atomic E-state index is 12.0. The standard InChI is InChI=1S/C24H42N4O12/c1-2-3-4-5-13(30)28-7-11-16(32)18(34)19(35)24(37-11)40-22-10(26)6-9(25)21(20(22)36)39-23-17(33)14(27)15(31)12(8-29)38-23/h1,9-12,14-24,29,31-36H,3-8,25-27H2,(H,28,30)/t9-,10?,11?,12-,14?,15+,16-,17?,18+,19?,20?,21-,22-,23+,24-/m1/s1. The molecule has 2 aliphatic heterocycles. The smallest absolute Gasteiger partial charge is 0.220 e. The molecule has 3 rings (SSSR count). The largest absolute Gasteiger partial charge is 0.394 e. The van der Waals surface area contributed by atoms with Gasteiger partial charge in [-0.15, -0.1) is 12.3 Å². The van der Waals surface area contributed by atoms with E-state index < -0.39 is 98.4 Å². The predicted molar refractivity (Wildman–Crippen MR) is 134 cm³/mol. The summed E-state index contributed by atoms with van der Waals surface area (Å²) in [6.07, 6.45) is -11.2. The van der Waals surface area contributed by atoms with Gasteiger partial charge >= 0.3 is 0 Å². The van der Waals surface area contributed by atoms with Crippen LogP contribution in [0.2, 0.25) is 0 Å². The molecule has 0 aromatic heterocycles. The zero-order valence-corrected chi connectivity index (χ0v) is 21.9. The molecule has 15 atom stereocenters. The van der Waals surface area contributed by atoms with Gasteiger partial charge in [-0.3, -0.25) is 4.79 Å². The quantitative estimate of drug-likeness (QED) is 0.0849. The number of aliphatic hydroxyl groups excluding tert-OH is 7. The fraction of sp³-hybridized carbons (Fsp3) is 0.875. The first kappa shape index (κ1) is 33.0. The van der Waals surface area contributed by atoms with Gasteiger partial charge in [0.15, 0.2) is 12.6 Å². The number of amides is 1. The number of hydrogen-bond acceptors (Lipinski definition) is 15. The molecule has 2 saturated heterocycles. The van der Waals surface area contributed by atoms with E-state index >= 15 is 0 Å². The van der Waals surface area contributed by atoms with Crippen LogP contribution in [-0.2, 0) is 23.7 Å². The topological polar surface area (TPSA) is 286 Å². The Kier molecular flexibility index (Phi) is 12.0.